The second-order valence-electron chi connectivity index (χ2n) is 6.80. The van der Waals surface area contributed by atoms with Crippen LogP contribution in [0.5, 0.6) is 0 Å². The van der Waals surface area contributed by atoms with E-state index in [1.165, 1.54) is 12.1 Å². The zero-order valence-electron chi connectivity index (χ0n) is 15.8. The van der Waals surface area contributed by atoms with Gasteiger partial charge in [0, 0.05) is 18.5 Å². The molecule has 0 amide bonds. The number of nitrogens with zero attached hydrogens (tertiary/aromatic N) is 2. The van der Waals surface area contributed by atoms with Gasteiger partial charge in [0.25, 0.3) is 10.0 Å². The van der Waals surface area contributed by atoms with Crippen molar-refractivity contribution in [1.82, 2.24) is 9.55 Å². The largest absolute Gasteiger partial charge is 0.331 e. The molecule has 7 heteroatoms. The van der Waals surface area contributed by atoms with E-state index >= 15 is 0 Å². The average Bonchev–Trinajstić information content (AvgIpc) is 3.03. The number of nitrogens with one attached hydrogen (secondary N) is 1. The molecule has 0 aliphatic rings. The molecule has 0 aliphatic heterocycles. The first kappa shape index (κ1) is 19.5. The fourth-order valence-corrected chi connectivity index (χ4v) is 4.74. The van der Waals surface area contributed by atoms with E-state index in [-0.39, 0.29) is 4.90 Å². The lowest BCUT2D eigenvalue weighted by Gasteiger charge is -2.13. The Labute approximate surface area is 175 Å². The van der Waals surface area contributed by atoms with Gasteiger partial charge in [-0.1, -0.05) is 48.0 Å². The Bertz CT molecular complexity index is 1280. The van der Waals surface area contributed by atoms with Gasteiger partial charge in [0.05, 0.1) is 21.6 Å². The molecule has 0 spiro atoms. The summed E-state index contributed by atoms with van der Waals surface area (Å²) in [6.45, 7) is 0. The van der Waals surface area contributed by atoms with Crippen molar-refractivity contribution in [2.75, 3.05) is 4.72 Å². The Morgan fingerprint density at radius 2 is 1.72 bits per heavy atom. The third kappa shape index (κ3) is 4.13. The summed E-state index contributed by atoms with van der Waals surface area (Å²) in [6.07, 6.45) is 1.35. The number of benzene rings is 3. The van der Waals surface area contributed by atoms with Gasteiger partial charge >= 0.3 is 0 Å². The molecule has 0 saturated heterocycles. The smallest absolute Gasteiger partial charge is 0.261 e. The van der Waals surface area contributed by atoms with Crippen molar-refractivity contribution in [3.05, 3.63) is 89.2 Å². The minimum atomic E-state index is -3.73. The van der Waals surface area contributed by atoms with Gasteiger partial charge in [0.1, 0.15) is 5.82 Å². The zero-order chi connectivity index (χ0) is 20.4. The molecule has 29 heavy (non-hydrogen) atoms. The molecule has 5 nitrogen and oxygen atoms in total. The van der Waals surface area contributed by atoms with Crippen LogP contribution in [-0.2, 0) is 29.9 Å². The van der Waals surface area contributed by atoms with E-state index in [1.807, 2.05) is 49.5 Å². The number of aromatic nitrogens is 2. The highest BCUT2D eigenvalue weighted by Gasteiger charge is 2.17. The number of aryl methyl sites for hydroxylation is 3. The Morgan fingerprint density at radius 1 is 0.966 bits per heavy atom. The monoisotopic (exact) mass is 425 g/mol. The highest BCUT2D eigenvalue weighted by atomic mass is 35.5. The number of sulfonamides is 1. The molecule has 1 N–H and O–H groups in total. The van der Waals surface area contributed by atoms with E-state index in [9.17, 15) is 8.42 Å². The molecule has 0 unspecified atom stereocenters. The van der Waals surface area contributed by atoms with Crippen LogP contribution in [0, 0.1) is 0 Å². The van der Waals surface area contributed by atoms with Gasteiger partial charge in [-0.3, -0.25) is 4.72 Å². The molecule has 0 fully saturated rings. The molecular weight excluding hydrogens is 406 g/mol. The van der Waals surface area contributed by atoms with Crippen LogP contribution in [0.25, 0.3) is 11.0 Å². The summed E-state index contributed by atoms with van der Waals surface area (Å²) >= 11 is 5.95. The molecule has 4 rings (SSSR count). The van der Waals surface area contributed by atoms with Crippen molar-refractivity contribution >= 4 is 38.3 Å². The minimum Gasteiger partial charge on any atom is -0.331 e. The van der Waals surface area contributed by atoms with E-state index in [0.717, 1.165) is 22.4 Å². The number of hydrogen-bond donors (Lipinski definition) is 1. The van der Waals surface area contributed by atoms with E-state index < -0.39 is 10.0 Å². The Kier molecular flexibility index (Phi) is 5.30. The van der Waals surface area contributed by atoms with Crippen molar-refractivity contribution < 1.29 is 8.42 Å². The average molecular weight is 426 g/mol. The van der Waals surface area contributed by atoms with Crippen molar-refractivity contribution in [3.8, 4) is 0 Å². The van der Waals surface area contributed by atoms with Crippen LogP contribution < -0.4 is 4.72 Å². The summed E-state index contributed by atoms with van der Waals surface area (Å²) in [5.41, 5.74) is 3.51. The van der Waals surface area contributed by atoms with E-state index in [4.69, 9.17) is 16.6 Å². The van der Waals surface area contributed by atoms with Crippen molar-refractivity contribution in [2.24, 2.45) is 7.05 Å². The van der Waals surface area contributed by atoms with Crippen LogP contribution in [0.3, 0.4) is 0 Å². The molecule has 0 aliphatic carbocycles. The summed E-state index contributed by atoms with van der Waals surface area (Å²) in [5, 5.41) is 0.378. The maximum Gasteiger partial charge on any atom is 0.261 e. The van der Waals surface area contributed by atoms with Crippen molar-refractivity contribution in [1.29, 1.82) is 0 Å². The predicted molar refractivity (Wildman–Crippen MR) is 117 cm³/mol. The summed E-state index contributed by atoms with van der Waals surface area (Å²) in [4.78, 5) is 4.83. The fourth-order valence-electron chi connectivity index (χ4n) is 3.34. The van der Waals surface area contributed by atoms with Crippen LogP contribution in [-0.4, -0.2) is 18.0 Å². The first-order valence-corrected chi connectivity index (χ1v) is 11.1. The summed E-state index contributed by atoms with van der Waals surface area (Å²) in [6, 6.07) is 21.6. The highest BCUT2D eigenvalue weighted by Crippen LogP contribution is 2.23. The molecule has 1 heterocycles. The van der Waals surface area contributed by atoms with Crippen LogP contribution in [0.2, 0.25) is 5.02 Å². The number of anilines is 1. The molecule has 1 aromatic heterocycles. The molecule has 0 atom stereocenters. The number of imidazole rings is 1. The first-order chi connectivity index (χ1) is 13.9. The lowest BCUT2D eigenvalue weighted by molar-refractivity contribution is 0.601. The van der Waals surface area contributed by atoms with Gasteiger partial charge in [-0.2, -0.15) is 0 Å². The minimum absolute atomic E-state index is 0.134. The summed E-state index contributed by atoms with van der Waals surface area (Å²) in [5.74, 6) is 0.957. The lowest BCUT2D eigenvalue weighted by atomic mass is 10.1. The van der Waals surface area contributed by atoms with Crippen LogP contribution in [0.1, 0.15) is 11.4 Å². The summed E-state index contributed by atoms with van der Waals surface area (Å²) < 4.78 is 30.3. The number of para-hydroxylation sites is 3. The molecule has 4 aromatic rings. The first-order valence-electron chi connectivity index (χ1n) is 9.21. The van der Waals surface area contributed by atoms with Crippen molar-refractivity contribution in [2.45, 2.75) is 17.7 Å². The third-order valence-corrected chi connectivity index (χ3v) is 6.46. The van der Waals surface area contributed by atoms with Crippen LogP contribution in [0.4, 0.5) is 5.69 Å². The topological polar surface area (TPSA) is 64.0 Å². The van der Waals surface area contributed by atoms with Crippen LogP contribution >= 0.6 is 11.6 Å². The Hall–Kier alpha value is -2.83. The standard InChI is InChI=1S/C22H20ClN3O2S/c1-26-21-12-5-4-11-20(21)24-22(26)14-13-16-7-2-3-10-19(16)25-29(27,28)18-9-6-8-17(23)15-18/h2-12,15,25H,13-14H2,1H3. The molecule has 3 aromatic carbocycles. The maximum absolute atomic E-state index is 12.8. The molecule has 0 saturated carbocycles. The lowest BCUT2D eigenvalue weighted by Crippen LogP contribution is -2.14. The highest BCUT2D eigenvalue weighted by molar-refractivity contribution is 7.92. The van der Waals surface area contributed by atoms with Gasteiger partial charge in [0.15, 0.2) is 0 Å². The molecule has 0 bridgehead atoms. The Balaban J connectivity index is 1.57. The SMILES string of the molecule is Cn1c(CCc2ccccc2NS(=O)(=O)c2cccc(Cl)c2)nc2ccccc21. The van der Waals surface area contributed by atoms with Crippen LogP contribution in [0.15, 0.2) is 77.7 Å². The quantitative estimate of drug-likeness (QED) is 0.482. The second kappa shape index (κ2) is 7.89. The van der Waals surface area contributed by atoms with Crippen molar-refractivity contribution in [3.63, 3.8) is 0 Å². The zero-order valence-corrected chi connectivity index (χ0v) is 17.4. The van der Waals surface area contributed by atoms with E-state index in [2.05, 4.69) is 9.29 Å². The predicted octanol–water partition coefficient (Wildman–Crippen LogP) is 4.81. The second-order valence-corrected chi connectivity index (χ2v) is 8.91. The van der Waals surface area contributed by atoms with Gasteiger partial charge in [-0.05, 0) is 48.4 Å². The molecule has 148 valence electrons. The number of hydrogen-bond acceptors (Lipinski definition) is 3. The maximum atomic E-state index is 12.8. The number of halogens is 1. The summed E-state index contributed by atoms with van der Waals surface area (Å²) in [7, 11) is -1.73. The molecular formula is C22H20ClN3O2S. The number of fused-ring (bicyclic) bond motifs is 1. The fraction of sp³-hybridized carbons (Fsp3) is 0.136. The van der Waals surface area contributed by atoms with Gasteiger partial charge in [-0.15, -0.1) is 0 Å². The van der Waals surface area contributed by atoms with Gasteiger partial charge in [0.2, 0.25) is 0 Å². The molecule has 0 radical (unpaired) electrons. The van der Waals surface area contributed by atoms with E-state index in [0.29, 0.717) is 23.6 Å². The number of rotatable bonds is 6. The third-order valence-electron chi connectivity index (χ3n) is 4.87. The normalized spacial score (nSPS) is 11.7. The Morgan fingerprint density at radius 3 is 2.52 bits per heavy atom. The van der Waals surface area contributed by atoms with Gasteiger partial charge < -0.3 is 4.57 Å². The van der Waals surface area contributed by atoms with E-state index in [1.54, 1.807) is 18.2 Å². The van der Waals surface area contributed by atoms with Gasteiger partial charge in [-0.25, -0.2) is 13.4 Å².